The zero-order valence-corrected chi connectivity index (χ0v) is 9.47. The summed E-state index contributed by atoms with van der Waals surface area (Å²) in [5.41, 5.74) is 5.07. The minimum absolute atomic E-state index is 0.0287. The largest absolute Gasteiger partial charge is 0.488 e. The zero-order chi connectivity index (χ0) is 12.2. The lowest BCUT2D eigenvalue weighted by molar-refractivity contribution is -0.385. The standard InChI is InChI=1S/C11H16N2O3/c1-11(2,6-7-12)16-10-5-3-4-9(8-10)13(14)15/h3-5,8H,6-7,12H2,1-2H3. The average molecular weight is 224 g/mol. The van der Waals surface area contributed by atoms with E-state index in [4.69, 9.17) is 10.5 Å². The number of ether oxygens (including phenoxy) is 1. The highest BCUT2D eigenvalue weighted by atomic mass is 16.6. The molecule has 2 N–H and O–H groups in total. The fraction of sp³-hybridized carbons (Fsp3) is 0.455. The molecule has 0 spiro atoms. The van der Waals surface area contributed by atoms with Crippen molar-refractivity contribution in [3.05, 3.63) is 34.4 Å². The molecular weight excluding hydrogens is 208 g/mol. The predicted octanol–water partition coefficient (Wildman–Crippen LogP) is 2.10. The van der Waals surface area contributed by atoms with Crippen molar-refractivity contribution in [2.75, 3.05) is 6.54 Å². The molecule has 0 aromatic heterocycles. The summed E-state index contributed by atoms with van der Waals surface area (Å²) in [6, 6.07) is 6.15. The molecule has 16 heavy (non-hydrogen) atoms. The summed E-state index contributed by atoms with van der Waals surface area (Å²) in [6.07, 6.45) is 0.690. The Hall–Kier alpha value is -1.62. The number of hydrogen-bond acceptors (Lipinski definition) is 4. The topological polar surface area (TPSA) is 78.4 Å². The van der Waals surface area contributed by atoms with Crippen LogP contribution in [-0.2, 0) is 0 Å². The molecule has 0 radical (unpaired) electrons. The van der Waals surface area contributed by atoms with Crippen LogP contribution in [-0.4, -0.2) is 17.1 Å². The van der Waals surface area contributed by atoms with Crippen LogP contribution in [0.1, 0.15) is 20.3 Å². The third-order valence-corrected chi connectivity index (χ3v) is 2.17. The molecule has 0 unspecified atom stereocenters. The van der Waals surface area contributed by atoms with Crippen molar-refractivity contribution in [1.29, 1.82) is 0 Å². The Morgan fingerprint density at radius 1 is 1.50 bits per heavy atom. The Morgan fingerprint density at radius 3 is 2.75 bits per heavy atom. The molecule has 1 rings (SSSR count). The van der Waals surface area contributed by atoms with E-state index in [1.165, 1.54) is 12.1 Å². The molecule has 0 fully saturated rings. The van der Waals surface area contributed by atoms with Crippen LogP contribution in [0, 0.1) is 10.1 Å². The Morgan fingerprint density at radius 2 is 2.19 bits per heavy atom. The molecule has 1 aromatic carbocycles. The molecule has 0 saturated carbocycles. The lowest BCUT2D eigenvalue weighted by Crippen LogP contribution is -2.31. The summed E-state index contributed by atoms with van der Waals surface area (Å²) in [5, 5.41) is 10.6. The number of hydrogen-bond donors (Lipinski definition) is 1. The van der Waals surface area contributed by atoms with Crippen molar-refractivity contribution in [3.8, 4) is 5.75 Å². The average Bonchev–Trinajstić information content (AvgIpc) is 2.17. The third-order valence-electron chi connectivity index (χ3n) is 2.17. The molecule has 88 valence electrons. The van der Waals surface area contributed by atoms with Crippen LogP contribution in [0.25, 0.3) is 0 Å². The second kappa shape index (κ2) is 4.94. The van der Waals surface area contributed by atoms with Crippen molar-refractivity contribution < 1.29 is 9.66 Å². The predicted molar refractivity (Wildman–Crippen MR) is 61.5 cm³/mol. The first kappa shape index (κ1) is 12.4. The fourth-order valence-corrected chi connectivity index (χ4v) is 1.38. The molecule has 0 aliphatic carbocycles. The maximum Gasteiger partial charge on any atom is 0.273 e. The van der Waals surface area contributed by atoms with Crippen LogP contribution in [0.4, 0.5) is 5.69 Å². The van der Waals surface area contributed by atoms with Crippen molar-refractivity contribution >= 4 is 5.69 Å². The smallest absolute Gasteiger partial charge is 0.273 e. The highest BCUT2D eigenvalue weighted by Gasteiger charge is 2.19. The van der Waals surface area contributed by atoms with Gasteiger partial charge in [-0.2, -0.15) is 0 Å². The Balaban J connectivity index is 2.81. The van der Waals surface area contributed by atoms with Crippen LogP contribution in [0.5, 0.6) is 5.75 Å². The Labute approximate surface area is 94.4 Å². The molecule has 1 aromatic rings. The van der Waals surface area contributed by atoms with Gasteiger partial charge in [-0.3, -0.25) is 10.1 Å². The summed E-state index contributed by atoms with van der Waals surface area (Å²) in [7, 11) is 0. The summed E-state index contributed by atoms with van der Waals surface area (Å²) in [5.74, 6) is 0.493. The molecule has 0 saturated heterocycles. The quantitative estimate of drug-likeness (QED) is 0.613. The van der Waals surface area contributed by atoms with Gasteiger partial charge in [0.2, 0.25) is 0 Å². The first-order valence-electron chi connectivity index (χ1n) is 5.08. The molecule has 0 heterocycles. The number of benzene rings is 1. The number of nitro groups is 1. The number of nitro benzene ring substituents is 1. The maximum atomic E-state index is 10.6. The molecule has 5 nitrogen and oxygen atoms in total. The Kier molecular flexibility index (Phi) is 3.84. The normalized spacial score (nSPS) is 11.2. The monoisotopic (exact) mass is 224 g/mol. The van der Waals surface area contributed by atoms with Gasteiger partial charge < -0.3 is 10.5 Å². The van der Waals surface area contributed by atoms with Crippen LogP contribution >= 0.6 is 0 Å². The van der Waals surface area contributed by atoms with Crippen molar-refractivity contribution in [2.45, 2.75) is 25.9 Å². The highest BCUT2D eigenvalue weighted by Crippen LogP contribution is 2.24. The first-order valence-corrected chi connectivity index (χ1v) is 5.08. The third kappa shape index (κ3) is 3.51. The van der Waals surface area contributed by atoms with Gasteiger partial charge in [0.25, 0.3) is 5.69 Å². The second-order valence-corrected chi connectivity index (χ2v) is 4.15. The van der Waals surface area contributed by atoms with E-state index >= 15 is 0 Å². The fourth-order valence-electron chi connectivity index (χ4n) is 1.38. The van der Waals surface area contributed by atoms with E-state index in [-0.39, 0.29) is 5.69 Å². The van der Waals surface area contributed by atoms with Gasteiger partial charge in [-0.15, -0.1) is 0 Å². The van der Waals surface area contributed by atoms with Gasteiger partial charge >= 0.3 is 0 Å². The van der Waals surface area contributed by atoms with Crippen molar-refractivity contribution in [3.63, 3.8) is 0 Å². The van der Waals surface area contributed by atoms with Crippen LogP contribution in [0.2, 0.25) is 0 Å². The van der Waals surface area contributed by atoms with E-state index in [9.17, 15) is 10.1 Å². The van der Waals surface area contributed by atoms with Gasteiger partial charge in [0.05, 0.1) is 11.0 Å². The molecule has 0 atom stereocenters. The van der Waals surface area contributed by atoms with Crippen LogP contribution in [0.3, 0.4) is 0 Å². The van der Waals surface area contributed by atoms with Gasteiger partial charge in [0.1, 0.15) is 11.4 Å². The second-order valence-electron chi connectivity index (χ2n) is 4.15. The number of nitrogens with two attached hydrogens (primary N) is 1. The van der Waals surface area contributed by atoms with E-state index in [1.54, 1.807) is 12.1 Å². The molecule has 0 amide bonds. The molecule has 5 heteroatoms. The van der Waals surface area contributed by atoms with Gasteiger partial charge in [-0.1, -0.05) is 6.07 Å². The number of nitrogens with zero attached hydrogens (tertiary/aromatic N) is 1. The van der Waals surface area contributed by atoms with Gasteiger partial charge in [-0.25, -0.2) is 0 Å². The van der Waals surface area contributed by atoms with Gasteiger partial charge in [-0.05, 0) is 32.9 Å². The lowest BCUT2D eigenvalue weighted by Gasteiger charge is -2.25. The summed E-state index contributed by atoms with van der Waals surface area (Å²) in [4.78, 5) is 10.1. The van der Waals surface area contributed by atoms with Crippen molar-refractivity contribution in [2.24, 2.45) is 5.73 Å². The summed E-state index contributed by atoms with van der Waals surface area (Å²) < 4.78 is 5.65. The van der Waals surface area contributed by atoms with Crippen LogP contribution in [0.15, 0.2) is 24.3 Å². The molecular formula is C11H16N2O3. The van der Waals surface area contributed by atoms with Gasteiger partial charge in [0, 0.05) is 6.07 Å². The van der Waals surface area contributed by atoms with E-state index in [2.05, 4.69) is 0 Å². The van der Waals surface area contributed by atoms with Gasteiger partial charge in [0.15, 0.2) is 0 Å². The SMILES string of the molecule is CC(C)(CCN)Oc1cccc([N+](=O)[O-])c1. The minimum atomic E-state index is -0.442. The van der Waals surface area contributed by atoms with E-state index in [1.807, 2.05) is 13.8 Å². The Bertz CT molecular complexity index is 377. The summed E-state index contributed by atoms with van der Waals surface area (Å²) in [6.45, 7) is 4.32. The summed E-state index contributed by atoms with van der Waals surface area (Å²) >= 11 is 0. The first-order chi connectivity index (χ1) is 7.44. The number of non-ortho nitro benzene ring substituents is 1. The van der Waals surface area contributed by atoms with Crippen LogP contribution < -0.4 is 10.5 Å². The van der Waals surface area contributed by atoms with E-state index in [0.717, 1.165) is 0 Å². The lowest BCUT2D eigenvalue weighted by atomic mass is 10.1. The molecule has 0 aliphatic heterocycles. The zero-order valence-electron chi connectivity index (χ0n) is 9.47. The van der Waals surface area contributed by atoms with E-state index in [0.29, 0.717) is 18.7 Å². The minimum Gasteiger partial charge on any atom is -0.488 e. The molecule has 0 aliphatic rings. The maximum absolute atomic E-state index is 10.6. The number of rotatable bonds is 5. The highest BCUT2D eigenvalue weighted by molar-refractivity contribution is 5.38. The molecule has 0 bridgehead atoms. The van der Waals surface area contributed by atoms with E-state index < -0.39 is 10.5 Å². The van der Waals surface area contributed by atoms with Crippen molar-refractivity contribution in [1.82, 2.24) is 0 Å².